The van der Waals surface area contributed by atoms with Gasteiger partial charge in [0, 0.05) is 29.5 Å². The van der Waals surface area contributed by atoms with Crippen LogP contribution < -0.4 is 20.5 Å². The summed E-state index contributed by atoms with van der Waals surface area (Å²) in [7, 11) is 0. The molecule has 1 aromatic heterocycles. The van der Waals surface area contributed by atoms with Crippen molar-refractivity contribution in [3.8, 4) is 18.0 Å². The zero-order valence-corrected chi connectivity index (χ0v) is 26.4. The first kappa shape index (κ1) is 32.4. The van der Waals surface area contributed by atoms with Crippen LogP contribution in [0.2, 0.25) is 5.02 Å². The number of halogens is 6. The Morgan fingerprint density at radius 2 is 2.11 bits per heavy atom. The summed E-state index contributed by atoms with van der Waals surface area (Å²) in [5, 5.41) is 21.3. The lowest BCUT2D eigenvalue weighted by Crippen LogP contribution is -2.43. The molecule has 4 N–H and O–H groups in total. The molecule has 7 rings (SSSR count). The third-order valence-corrected chi connectivity index (χ3v) is 11.2. The van der Waals surface area contributed by atoms with Crippen molar-refractivity contribution in [2.24, 2.45) is 11.7 Å². The maximum Gasteiger partial charge on any atom is 0.419 e. The Balaban J connectivity index is 1.40. The predicted molar refractivity (Wildman–Crippen MR) is 165 cm³/mol. The van der Waals surface area contributed by atoms with Gasteiger partial charge in [-0.25, -0.2) is 8.78 Å². The fourth-order valence-corrected chi connectivity index (χ4v) is 9.09. The van der Waals surface area contributed by atoms with Gasteiger partial charge in [0.2, 0.25) is 5.88 Å². The minimum atomic E-state index is -5.05. The molecule has 1 aromatic carbocycles. The van der Waals surface area contributed by atoms with Crippen molar-refractivity contribution >= 4 is 39.8 Å². The van der Waals surface area contributed by atoms with Crippen LogP contribution in [-0.2, 0) is 6.18 Å². The van der Waals surface area contributed by atoms with Crippen molar-refractivity contribution in [1.82, 2.24) is 20.2 Å². The summed E-state index contributed by atoms with van der Waals surface area (Å²) in [5.41, 5.74) is 3.00. The Morgan fingerprint density at radius 1 is 1.30 bits per heavy atom. The predicted octanol–water partition coefficient (Wildman–Crippen LogP) is 5.03. The van der Waals surface area contributed by atoms with E-state index in [0.29, 0.717) is 25.9 Å². The van der Waals surface area contributed by atoms with Gasteiger partial charge >= 0.3 is 12.2 Å². The molecule has 0 spiro atoms. The number of aliphatic hydroxyl groups is 1. The molecule has 6 atom stereocenters. The van der Waals surface area contributed by atoms with E-state index in [1.54, 1.807) is 0 Å². The molecule has 0 amide bonds. The van der Waals surface area contributed by atoms with Crippen molar-refractivity contribution in [3.63, 3.8) is 0 Å². The summed E-state index contributed by atoms with van der Waals surface area (Å²) >= 11 is 7.55. The van der Waals surface area contributed by atoms with E-state index < -0.39 is 69.7 Å². The number of fused-ring (bicyclic) bond motifs is 3. The highest BCUT2D eigenvalue weighted by atomic mass is 35.5. The molecule has 16 heteroatoms. The van der Waals surface area contributed by atoms with E-state index in [9.17, 15) is 19.1 Å². The highest BCUT2D eigenvalue weighted by molar-refractivity contribution is 8.04. The van der Waals surface area contributed by atoms with Gasteiger partial charge in [-0.2, -0.15) is 28.4 Å². The molecule has 1 aliphatic carbocycles. The SMILES string of the molecule is N#CC1=C(N)SC2C(F)=CC=C(c3c(Cl)cc4c(O[C@H]5CCN[C@@H]5CO)nc(OC[C@@]56CCCN5C[C@H](F)C6)nc4c3C(F)(F)F)C12. The maximum atomic E-state index is 15.3. The van der Waals surface area contributed by atoms with Crippen LogP contribution in [0.4, 0.5) is 22.0 Å². The molecular weight excluding hydrogens is 667 g/mol. The number of ether oxygens (including phenoxy) is 2. The van der Waals surface area contributed by atoms with Crippen molar-refractivity contribution in [1.29, 1.82) is 5.26 Å². The van der Waals surface area contributed by atoms with Crippen LogP contribution in [0.25, 0.3) is 16.5 Å². The van der Waals surface area contributed by atoms with Crippen LogP contribution >= 0.6 is 23.4 Å². The van der Waals surface area contributed by atoms with Crippen LogP contribution in [-0.4, -0.2) is 81.9 Å². The zero-order chi connectivity index (χ0) is 33.2. The van der Waals surface area contributed by atoms with E-state index in [1.807, 2.05) is 11.0 Å². The average Bonchev–Trinajstić information content (AvgIpc) is 3.78. The summed E-state index contributed by atoms with van der Waals surface area (Å²) in [6, 6.07) is 2.29. The van der Waals surface area contributed by atoms with Crippen LogP contribution in [0.15, 0.2) is 34.6 Å². The lowest BCUT2D eigenvalue weighted by molar-refractivity contribution is -0.136. The quantitative estimate of drug-likeness (QED) is 0.339. The number of hydrogen-bond donors (Lipinski definition) is 3. The molecule has 0 radical (unpaired) electrons. The minimum Gasteiger partial charge on any atom is -0.472 e. The molecule has 2 unspecified atom stereocenters. The largest absolute Gasteiger partial charge is 0.472 e. The second kappa shape index (κ2) is 12.1. The second-order valence-corrected chi connectivity index (χ2v) is 14.0. The van der Waals surface area contributed by atoms with Crippen LogP contribution in [0.3, 0.4) is 0 Å². The van der Waals surface area contributed by atoms with Crippen molar-refractivity contribution in [2.75, 3.05) is 32.8 Å². The highest BCUT2D eigenvalue weighted by Crippen LogP contribution is 2.55. The van der Waals surface area contributed by atoms with E-state index in [-0.39, 0.29) is 58.6 Å². The normalized spacial score (nSPS) is 30.7. The third kappa shape index (κ3) is 5.51. The first-order chi connectivity index (χ1) is 22.4. The maximum absolute atomic E-state index is 15.3. The molecule has 0 saturated carbocycles. The summed E-state index contributed by atoms with van der Waals surface area (Å²) in [6.07, 6.45) is -2.36. The monoisotopic (exact) mass is 696 g/mol. The van der Waals surface area contributed by atoms with Gasteiger partial charge in [0.1, 0.15) is 24.7 Å². The number of hydrogen-bond acceptors (Lipinski definition) is 10. The Bertz CT molecular complexity index is 1770. The molecule has 0 bridgehead atoms. The Labute approximate surface area is 275 Å². The first-order valence-electron chi connectivity index (χ1n) is 15.2. The van der Waals surface area contributed by atoms with E-state index in [0.717, 1.165) is 24.3 Å². The molecule has 4 aliphatic heterocycles. The van der Waals surface area contributed by atoms with E-state index >= 15 is 13.2 Å². The number of aliphatic hydroxyl groups excluding tert-OH is 1. The molecule has 3 saturated heterocycles. The van der Waals surface area contributed by atoms with E-state index in [2.05, 4.69) is 15.3 Å². The molecule has 2 aromatic rings. The van der Waals surface area contributed by atoms with Gasteiger partial charge in [-0.05, 0) is 50.1 Å². The summed E-state index contributed by atoms with van der Waals surface area (Å²) in [4.78, 5) is 10.6. The first-order valence-corrected chi connectivity index (χ1v) is 16.5. The smallest absolute Gasteiger partial charge is 0.419 e. The molecule has 9 nitrogen and oxygen atoms in total. The number of nitrogens with one attached hydrogen (secondary N) is 1. The van der Waals surface area contributed by atoms with Gasteiger partial charge in [0.25, 0.3) is 0 Å². The van der Waals surface area contributed by atoms with Gasteiger partial charge in [-0.3, -0.25) is 4.90 Å². The molecule has 3 fully saturated rings. The average molecular weight is 697 g/mol. The molecular formula is C31H30ClF5N6O3S. The number of benzene rings is 1. The van der Waals surface area contributed by atoms with Gasteiger partial charge < -0.3 is 25.6 Å². The summed E-state index contributed by atoms with van der Waals surface area (Å²) in [5.74, 6) is -1.99. The Kier molecular flexibility index (Phi) is 8.31. The lowest BCUT2D eigenvalue weighted by atomic mass is 9.79. The fraction of sp³-hybridized carbons (Fsp3) is 0.516. The Hall–Kier alpha value is -3.16. The molecule has 47 heavy (non-hydrogen) atoms. The number of allylic oxidation sites excluding steroid dienone is 4. The number of alkyl halides is 4. The molecule has 5 heterocycles. The summed E-state index contributed by atoms with van der Waals surface area (Å²) < 4.78 is 87.5. The van der Waals surface area contributed by atoms with Crippen molar-refractivity contribution in [2.45, 2.75) is 61.0 Å². The number of nitriles is 1. The van der Waals surface area contributed by atoms with E-state index in [4.69, 9.17) is 26.8 Å². The lowest BCUT2D eigenvalue weighted by Gasteiger charge is -2.31. The molecule has 5 aliphatic rings. The van der Waals surface area contributed by atoms with Gasteiger partial charge in [0.15, 0.2) is 0 Å². The van der Waals surface area contributed by atoms with Crippen LogP contribution in [0, 0.1) is 17.2 Å². The Morgan fingerprint density at radius 3 is 2.85 bits per heavy atom. The van der Waals surface area contributed by atoms with E-state index in [1.165, 1.54) is 12.1 Å². The van der Waals surface area contributed by atoms with Crippen molar-refractivity contribution in [3.05, 3.63) is 50.8 Å². The number of thioether (sulfide) groups is 1. The second-order valence-electron chi connectivity index (χ2n) is 12.4. The molecule has 250 valence electrons. The van der Waals surface area contributed by atoms with Crippen LogP contribution in [0.5, 0.6) is 11.9 Å². The van der Waals surface area contributed by atoms with Gasteiger partial charge in [-0.15, -0.1) is 0 Å². The number of nitrogens with two attached hydrogens (primary N) is 1. The summed E-state index contributed by atoms with van der Waals surface area (Å²) in [6.45, 7) is 1.11. The fourth-order valence-electron chi connectivity index (χ4n) is 7.60. The minimum absolute atomic E-state index is 0.0180. The van der Waals surface area contributed by atoms with Gasteiger partial charge in [0.05, 0.1) is 56.6 Å². The standard InChI is InChI=1S/C31H30ClF5N6O3S/c32-18-8-16-25(24(31(35,36)37)23(18)15-2-3-19(34)26-22(15)17(10-38)27(39)47-26)41-29(42-28(16)46-21-4-6-40-20(21)12-44)45-13-30-5-1-7-43(30)11-14(33)9-30/h2-3,8,14,20-22,26,40,44H,1,4-7,9,11-13,39H2/t14-,20-,21+,22?,26?,30+/m1/s1. The zero-order valence-electron chi connectivity index (χ0n) is 24.8. The third-order valence-electron chi connectivity index (χ3n) is 9.72. The van der Waals surface area contributed by atoms with Gasteiger partial charge in [-0.1, -0.05) is 29.4 Å². The topological polar surface area (TPSA) is 130 Å². The van der Waals surface area contributed by atoms with Crippen LogP contribution in [0.1, 0.15) is 36.8 Å². The van der Waals surface area contributed by atoms with Crippen molar-refractivity contribution < 1.29 is 36.5 Å². The number of aromatic nitrogens is 2. The number of rotatable bonds is 7. The number of nitrogens with zero attached hydrogens (tertiary/aromatic N) is 4. The highest BCUT2D eigenvalue weighted by Gasteiger charge is 2.50.